The fourth-order valence-corrected chi connectivity index (χ4v) is 1.05. The highest BCUT2D eigenvalue weighted by Crippen LogP contribution is 1.84. The molecule has 0 bridgehead atoms. The van der Waals surface area contributed by atoms with Crippen LogP contribution in [0.4, 0.5) is 0 Å². The van der Waals surface area contributed by atoms with E-state index in [-0.39, 0.29) is 0 Å². The molecule has 0 fully saturated rings. The number of ether oxygens (including phenoxy) is 1. The van der Waals surface area contributed by atoms with Crippen molar-refractivity contribution in [2.75, 3.05) is 39.4 Å². The minimum atomic E-state index is 0.888. The van der Waals surface area contributed by atoms with Crippen LogP contribution in [0.1, 0.15) is 40.5 Å². The molecule has 0 saturated carbocycles. The summed E-state index contributed by atoms with van der Waals surface area (Å²) in [6, 6.07) is 0. The van der Waals surface area contributed by atoms with Crippen molar-refractivity contribution in [2.24, 2.45) is 0 Å². The summed E-state index contributed by atoms with van der Waals surface area (Å²) in [5, 5.41) is 6.53. The highest BCUT2D eigenvalue weighted by molar-refractivity contribution is 4.45. The molecule has 0 aliphatic heterocycles. The summed E-state index contributed by atoms with van der Waals surface area (Å²) in [7, 11) is 0. The molecule has 0 atom stereocenters. The predicted octanol–water partition coefficient (Wildman–Crippen LogP) is 2.03. The Labute approximate surface area is 96.0 Å². The van der Waals surface area contributed by atoms with Crippen LogP contribution in [0.5, 0.6) is 0 Å². The second-order valence-electron chi connectivity index (χ2n) is 3.03. The molecule has 15 heavy (non-hydrogen) atoms. The van der Waals surface area contributed by atoms with Crippen LogP contribution in [0.2, 0.25) is 0 Å². The van der Waals surface area contributed by atoms with Gasteiger partial charge in [0.05, 0.1) is 0 Å². The van der Waals surface area contributed by atoms with Crippen LogP contribution in [0.3, 0.4) is 0 Å². The first-order valence-corrected chi connectivity index (χ1v) is 6.41. The first-order chi connectivity index (χ1) is 7.41. The molecule has 0 aromatic rings. The molecule has 0 aliphatic carbocycles. The minimum absolute atomic E-state index is 0.888. The van der Waals surface area contributed by atoms with E-state index in [1.165, 1.54) is 0 Å². The van der Waals surface area contributed by atoms with Crippen molar-refractivity contribution in [1.29, 1.82) is 0 Å². The van der Waals surface area contributed by atoms with E-state index in [1.807, 2.05) is 13.8 Å². The number of hydrogen-bond acceptors (Lipinski definition) is 3. The predicted molar refractivity (Wildman–Crippen MR) is 68.5 cm³/mol. The van der Waals surface area contributed by atoms with Crippen LogP contribution < -0.4 is 10.6 Å². The lowest BCUT2D eigenvalue weighted by atomic mass is 10.4. The van der Waals surface area contributed by atoms with Gasteiger partial charge in [-0.2, -0.15) is 0 Å². The van der Waals surface area contributed by atoms with Crippen molar-refractivity contribution in [3.05, 3.63) is 0 Å². The van der Waals surface area contributed by atoms with Crippen LogP contribution in [-0.2, 0) is 4.74 Å². The number of nitrogens with one attached hydrogen (secondary N) is 2. The third-order valence-electron chi connectivity index (χ3n) is 1.78. The maximum atomic E-state index is 5.45. The van der Waals surface area contributed by atoms with Crippen molar-refractivity contribution >= 4 is 0 Å². The van der Waals surface area contributed by atoms with E-state index in [0.717, 1.165) is 52.2 Å². The maximum Gasteiger partial charge on any atom is 0.0478 e. The highest BCUT2D eigenvalue weighted by atomic mass is 16.5. The second-order valence-corrected chi connectivity index (χ2v) is 3.03. The van der Waals surface area contributed by atoms with Crippen molar-refractivity contribution in [2.45, 2.75) is 40.5 Å². The highest BCUT2D eigenvalue weighted by Gasteiger charge is 1.89. The summed E-state index contributed by atoms with van der Waals surface area (Å²) in [6.45, 7) is 14.3. The average molecular weight is 218 g/mol. The van der Waals surface area contributed by atoms with E-state index in [0.29, 0.717) is 0 Å². The standard InChI is InChI=1S/C10H24N2O.C2H6/c1-3-11-7-5-9-13-10-6-8-12-4-2;1-2/h11-12H,3-10H2,1-2H3;1-2H3. The molecule has 0 aromatic carbocycles. The molecule has 3 nitrogen and oxygen atoms in total. The van der Waals surface area contributed by atoms with Crippen LogP contribution in [-0.4, -0.2) is 39.4 Å². The number of rotatable bonds is 10. The first-order valence-electron chi connectivity index (χ1n) is 6.41. The Balaban J connectivity index is 0. The van der Waals surface area contributed by atoms with Crippen molar-refractivity contribution in [3.8, 4) is 0 Å². The van der Waals surface area contributed by atoms with E-state index >= 15 is 0 Å². The van der Waals surface area contributed by atoms with Gasteiger partial charge in [0.25, 0.3) is 0 Å². The van der Waals surface area contributed by atoms with Gasteiger partial charge in [0.2, 0.25) is 0 Å². The largest absolute Gasteiger partial charge is 0.381 e. The van der Waals surface area contributed by atoms with E-state index in [4.69, 9.17) is 4.74 Å². The van der Waals surface area contributed by atoms with Gasteiger partial charge in [-0.1, -0.05) is 27.7 Å². The van der Waals surface area contributed by atoms with Gasteiger partial charge in [0.15, 0.2) is 0 Å². The SMILES string of the molecule is CC.CCNCCCOCCCNCC. The Hall–Kier alpha value is -0.120. The Morgan fingerprint density at radius 1 is 0.800 bits per heavy atom. The van der Waals surface area contributed by atoms with E-state index < -0.39 is 0 Å². The average Bonchev–Trinajstić information content (AvgIpc) is 2.30. The molecular weight excluding hydrogens is 188 g/mol. The molecule has 0 heterocycles. The van der Waals surface area contributed by atoms with Gasteiger partial charge in [-0.25, -0.2) is 0 Å². The molecule has 2 N–H and O–H groups in total. The van der Waals surface area contributed by atoms with Gasteiger partial charge >= 0.3 is 0 Å². The van der Waals surface area contributed by atoms with Gasteiger partial charge in [0.1, 0.15) is 0 Å². The quantitative estimate of drug-likeness (QED) is 0.550. The fraction of sp³-hybridized carbons (Fsp3) is 1.00. The molecule has 94 valence electrons. The summed E-state index contributed by atoms with van der Waals surface area (Å²) >= 11 is 0. The zero-order valence-electron chi connectivity index (χ0n) is 11.1. The van der Waals surface area contributed by atoms with E-state index in [2.05, 4.69) is 24.5 Å². The van der Waals surface area contributed by atoms with Gasteiger partial charge in [-0.05, 0) is 39.0 Å². The first kappa shape index (κ1) is 17.3. The molecule has 0 radical (unpaired) electrons. The monoisotopic (exact) mass is 218 g/mol. The van der Waals surface area contributed by atoms with E-state index in [9.17, 15) is 0 Å². The summed E-state index contributed by atoms with van der Waals surface area (Å²) in [4.78, 5) is 0. The molecule has 0 spiro atoms. The van der Waals surface area contributed by atoms with Crippen LogP contribution in [0, 0.1) is 0 Å². The Morgan fingerprint density at radius 2 is 1.20 bits per heavy atom. The van der Waals surface area contributed by atoms with Crippen LogP contribution in [0.25, 0.3) is 0 Å². The van der Waals surface area contributed by atoms with Gasteiger partial charge in [0, 0.05) is 13.2 Å². The molecule has 0 unspecified atom stereocenters. The third-order valence-corrected chi connectivity index (χ3v) is 1.78. The lowest BCUT2D eigenvalue weighted by Gasteiger charge is -2.04. The summed E-state index contributed by atoms with van der Waals surface area (Å²) in [5.41, 5.74) is 0. The fourth-order valence-electron chi connectivity index (χ4n) is 1.05. The lowest BCUT2D eigenvalue weighted by molar-refractivity contribution is 0.129. The molecule has 0 amide bonds. The maximum absolute atomic E-state index is 5.45. The summed E-state index contributed by atoms with van der Waals surface area (Å²) in [5.74, 6) is 0. The molecule has 0 aliphatic rings. The van der Waals surface area contributed by atoms with Crippen LogP contribution >= 0.6 is 0 Å². The zero-order chi connectivity index (χ0) is 11.8. The van der Waals surface area contributed by atoms with Crippen LogP contribution in [0.15, 0.2) is 0 Å². The summed E-state index contributed by atoms with van der Waals surface area (Å²) < 4.78 is 5.45. The van der Waals surface area contributed by atoms with Gasteiger partial charge in [-0.3, -0.25) is 0 Å². The summed E-state index contributed by atoms with van der Waals surface area (Å²) in [6.07, 6.45) is 2.24. The third kappa shape index (κ3) is 20.1. The minimum Gasteiger partial charge on any atom is -0.381 e. The molecule has 0 saturated heterocycles. The number of hydrogen-bond donors (Lipinski definition) is 2. The molecule has 0 aromatic heterocycles. The smallest absolute Gasteiger partial charge is 0.0478 e. The second kappa shape index (κ2) is 19.5. The normalized spacial score (nSPS) is 9.60. The molecule has 3 heteroatoms. The Morgan fingerprint density at radius 3 is 1.53 bits per heavy atom. The Kier molecular flexibility index (Phi) is 22.4. The molecule has 0 rings (SSSR count). The zero-order valence-corrected chi connectivity index (χ0v) is 11.1. The van der Waals surface area contributed by atoms with Crippen molar-refractivity contribution < 1.29 is 4.74 Å². The van der Waals surface area contributed by atoms with Gasteiger partial charge in [-0.15, -0.1) is 0 Å². The molecular formula is C12H30N2O. The Bertz CT molecular complexity index is 79.7. The lowest BCUT2D eigenvalue weighted by Crippen LogP contribution is -2.17. The van der Waals surface area contributed by atoms with Crippen molar-refractivity contribution in [1.82, 2.24) is 10.6 Å². The topological polar surface area (TPSA) is 33.3 Å². The van der Waals surface area contributed by atoms with Crippen molar-refractivity contribution in [3.63, 3.8) is 0 Å². The van der Waals surface area contributed by atoms with Gasteiger partial charge < -0.3 is 15.4 Å². The van der Waals surface area contributed by atoms with E-state index in [1.54, 1.807) is 0 Å².